The van der Waals surface area contributed by atoms with Gasteiger partial charge < -0.3 is 14.2 Å². The van der Waals surface area contributed by atoms with Gasteiger partial charge >= 0.3 is 17.9 Å². The van der Waals surface area contributed by atoms with Gasteiger partial charge in [-0.15, -0.1) is 0 Å². The fraction of sp³-hybridized carbons (Fsp3) is 0.783. The topological polar surface area (TPSA) is 78.9 Å². The molecule has 0 unspecified atom stereocenters. The summed E-state index contributed by atoms with van der Waals surface area (Å²) in [7, 11) is 0. The minimum Gasteiger partial charge on any atom is -0.462 e. The van der Waals surface area contributed by atoms with Crippen LogP contribution in [0.1, 0.15) is 329 Å². The number of allylic oxidation sites excluding steroid dienone is 12. The summed E-state index contributed by atoms with van der Waals surface area (Å²) in [6.07, 6.45) is 82.0. The van der Waals surface area contributed by atoms with Gasteiger partial charge in [0.2, 0.25) is 0 Å². The molecule has 0 amide bonds. The van der Waals surface area contributed by atoms with Crippen LogP contribution in [0.15, 0.2) is 72.9 Å². The predicted octanol–water partition coefficient (Wildman–Crippen LogP) is 22.1. The molecule has 0 aromatic heterocycles. The maximum atomic E-state index is 12.9. The molecule has 1 atom stereocenters. The van der Waals surface area contributed by atoms with Gasteiger partial charge in [-0.1, -0.05) is 273 Å². The highest BCUT2D eigenvalue weighted by molar-refractivity contribution is 5.71. The van der Waals surface area contributed by atoms with Crippen molar-refractivity contribution in [1.29, 1.82) is 0 Å². The summed E-state index contributed by atoms with van der Waals surface area (Å²) in [5.41, 5.74) is 0. The summed E-state index contributed by atoms with van der Waals surface area (Å²) < 4.78 is 16.9. The first-order valence-electron chi connectivity index (χ1n) is 32.4. The van der Waals surface area contributed by atoms with Crippen molar-refractivity contribution in [2.24, 2.45) is 0 Å². The van der Waals surface area contributed by atoms with E-state index in [9.17, 15) is 14.4 Å². The number of carbonyl (C=O) groups is 3. The molecule has 0 aliphatic carbocycles. The van der Waals surface area contributed by atoms with Crippen molar-refractivity contribution in [1.82, 2.24) is 0 Å². The lowest BCUT2D eigenvalue weighted by Crippen LogP contribution is -2.30. The Bertz CT molecular complexity index is 1390. The lowest BCUT2D eigenvalue weighted by molar-refractivity contribution is -0.167. The van der Waals surface area contributed by atoms with Crippen molar-refractivity contribution in [2.75, 3.05) is 13.2 Å². The highest BCUT2D eigenvalue weighted by Gasteiger charge is 2.19. The summed E-state index contributed by atoms with van der Waals surface area (Å²) in [4.78, 5) is 38.3. The zero-order valence-electron chi connectivity index (χ0n) is 49.8. The molecular weight excluding hydrogens is 925 g/mol. The maximum Gasteiger partial charge on any atom is 0.306 e. The molecule has 6 nitrogen and oxygen atoms in total. The lowest BCUT2D eigenvalue weighted by atomic mass is 10.0. The van der Waals surface area contributed by atoms with Gasteiger partial charge in [-0.25, -0.2) is 0 Å². The van der Waals surface area contributed by atoms with E-state index in [1.54, 1.807) is 0 Å². The van der Waals surface area contributed by atoms with E-state index in [4.69, 9.17) is 14.2 Å². The molecule has 0 radical (unpaired) electrons. The van der Waals surface area contributed by atoms with Crippen molar-refractivity contribution in [3.05, 3.63) is 72.9 Å². The molecule has 0 aliphatic rings. The Balaban J connectivity index is 4.42. The van der Waals surface area contributed by atoms with E-state index in [2.05, 4.69) is 93.7 Å². The molecule has 6 heteroatoms. The molecule has 0 saturated carbocycles. The zero-order chi connectivity index (χ0) is 54.3. The van der Waals surface area contributed by atoms with E-state index < -0.39 is 6.10 Å². The van der Waals surface area contributed by atoms with E-state index in [0.29, 0.717) is 19.3 Å². The van der Waals surface area contributed by atoms with E-state index in [1.807, 2.05) is 0 Å². The second-order valence-electron chi connectivity index (χ2n) is 21.7. The van der Waals surface area contributed by atoms with Gasteiger partial charge in [0.05, 0.1) is 0 Å². The second-order valence-corrected chi connectivity index (χ2v) is 21.7. The van der Waals surface area contributed by atoms with Crippen LogP contribution in [0.2, 0.25) is 0 Å². The summed E-state index contributed by atoms with van der Waals surface area (Å²) in [6.45, 7) is 6.60. The largest absolute Gasteiger partial charge is 0.462 e. The maximum absolute atomic E-state index is 12.9. The summed E-state index contributed by atoms with van der Waals surface area (Å²) in [5.74, 6) is -0.938. The average Bonchev–Trinajstić information content (AvgIpc) is 3.41. The number of unbranched alkanes of at least 4 members (excludes halogenated alkanes) is 36. The quantitative estimate of drug-likeness (QED) is 0.0261. The number of rotatable bonds is 59. The number of esters is 3. The molecule has 0 fully saturated rings. The first kappa shape index (κ1) is 71.8. The molecule has 0 rings (SSSR count). The Labute approximate surface area is 465 Å². The third-order valence-electron chi connectivity index (χ3n) is 14.2. The predicted molar refractivity (Wildman–Crippen MR) is 325 cm³/mol. The first-order chi connectivity index (χ1) is 37.0. The van der Waals surface area contributed by atoms with Crippen LogP contribution < -0.4 is 0 Å². The smallest absolute Gasteiger partial charge is 0.306 e. The summed E-state index contributed by atoms with van der Waals surface area (Å²) >= 11 is 0. The van der Waals surface area contributed by atoms with E-state index in [-0.39, 0.29) is 37.5 Å². The van der Waals surface area contributed by atoms with Crippen molar-refractivity contribution >= 4 is 17.9 Å². The van der Waals surface area contributed by atoms with Crippen LogP contribution in [0.5, 0.6) is 0 Å². The van der Waals surface area contributed by atoms with Crippen LogP contribution in [0.25, 0.3) is 0 Å². The van der Waals surface area contributed by atoms with Crippen molar-refractivity contribution in [3.63, 3.8) is 0 Å². The second kappa shape index (κ2) is 63.4. The minimum absolute atomic E-state index is 0.0919. The zero-order valence-corrected chi connectivity index (χ0v) is 49.8. The Morgan fingerprint density at radius 2 is 0.493 bits per heavy atom. The Morgan fingerprint density at radius 1 is 0.267 bits per heavy atom. The van der Waals surface area contributed by atoms with Crippen molar-refractivity contribution in [2.45, 2.75) is 335 Å². The van der Waals surface area contributed by atoms with Crippen LogP contribution in [0, 0.1) is 0 Å². The molecule has 0 N–H and O–H groups in total. The molecule has 0 saturated heterocycles. The Hall–Kier alpha value is -3.15. The molecule has 0 aliphatic heterocycles. The van der Waals surface area contributed by atoms with Crippen LogP contribution in [-0.4, -0.2) is 37.2 Å². The number of hydrogen-bond acceptors (Lipinski definition) is 6. The number of hydrogen-bond donors (Lipinski definition) is 0. The fourth-order valence-corrected chi connectivity index (χ4v) is 9.25. The molecule has 0 aromatic carbocycles. The van der Waals surface area contributed by atoms with Gasteiger partial charge in [-0.05, 0) is 109 Å². The van der Waals surface area contributed by atoms with Gasteiger partial charge in [-0.2, -0.15) is 0 Å². The van der Waals surface area contributed by atoms with Gasteiger partial charge in [0.15, 0.2) is 6.10 Å². The number of ether oxygens (including phenoxy) is 3. The number of carbonyl (C=O) groups excluding carboxylic acids is 3. The summed E-state index contributed by atoms with van der Waals surface area (Å²) in [6, 6.07) is 0. The third kappa shape index (κ3) is 61.6. The van der Waals surface area contributed by atoms with Crippen LogP contribution in [0.3, 0.4) is 0 Å². The molecule has 0 spiro atoms. The molecule has 75 heavy (non-hydrogen) atoms. The average molecular weight is 1050 g/mol. The highest BCUT2D eigenvalue weighted by Crippen LogP contribution is 2.16. The SMILES string of the molecule is CCCCC/C=C\C/C=C\C/C=C\C/C=C\CCCC(=O)OC[C@H](COC(=O)CCCCCCCCCCC/C=C\CCCCCCCC)OC(=O)CCCCCCCCCCCCC/C=C\CCCCCCCC. The van der Waals surface area contributed by atoms with Crippen LogP contribution in [-0.2, 0) is 28.6 Å². The van der Waals surface area contributed by atoms with Crippen molar-refractivity contribution in [3.8, 4) is 0 Å². The van der Waals surface area contributed by atoms with E-state index in [0.717, 1.165) is 64.2 Å². The van der Waals surface area contributed by atoms with Gasteiger partial charge in [-0.3, -0.25) is 14.4 Å². The van der Waals surface area contributed by atoms with E-state index >= 15 is 0 Å². The van der Waals surface area contributed by atoms with Gasteiger partial charge in [0, 0.05) is 19.3 Å². The Morgan fingerprint density at radius 3 is 0.840 bits per heavy atom. The third-order valence-corrected chi connectivity index (χ3v) is 14.2. The fourth-order valence-electron chi connectivity index (χ4n) is 9.25. The molecule has 0 bridgehead atoms. The Kier molecular flexibility index (Phi) is 60.7. The molecular formula is C69H122O6. The standard InChI is InChI=1S/C69H122O6/c1-4-7-10-13-16-19-22-25-28-31-33-34-36-39-42-45-48-51-54-57-60-63-69(72)75-66(64-73-67(70)61-58-55-52-49-46-43-40-37-30-27-24-21-18-15-12-9-6-3)65-74-68(71)62-59-56-53-50-47-44-41-38-35-32-29-26-23-20-17-14-11-8-5-2/h18,21,25-30,40,43,49,52,66H,4-17,19-20,22-24,31-39,41-42,44-48,50-51,53-65H2,1-3H3/b21-18-,28-25-,29-26-,30-27-,43-40-,52-49-/t66-/m1/s1. The minimum atomic E-state index is -0.800. The molecule has 0 heterocycles. The monoisotopic (exact) mass is 1050 g/mol. The van der Waals surface area contributed by atoms with Crippen molar-refractivity contribution < 1.29 is 28.6 Å². The van der Waals surface area contributed by atoms with Gasteiger partial charge in [0.25, 0.3) is 0 Å². The molecule has 434 valence electrons. The van der Waals surface area contributed by atoms with Crippen LogP contribution in [0.4, 0.5) is 0 Å². The lowest BCUT2D eigenvalue weighted by Gasteiger charge is -2.18. The first-order valence-corrected chi connectivity index (χ1v) is 32.4. The normalized spacial score (nSPS) is 12.5. The highest BCUT2D eigenvalue weighted by atomic mass is 16.6. The van der Waals surface area contributed by atoms with Crippen LogP contribution >= 0.6 is 0 Å². The summed E-state index contributed by atoms with van der Waals surface area (Å²) in [5, 5.41) is 0. The van der Waals surface area contributed by atoms with E-state index in [1.165, 1.54) is 218 Å². The molecule has 0 aromatic rings. The van der Waals surface area contributed by atoms with Gasteiger partial charge in [0.1, 0.15) is 13.2 Å².